The van der Waals surface area contributed by atoms with Crippen LogP contribution in [-0.2, 0) is 6.54 Å². The van der Waals surface area contributed by atoms with Crippen LogP contribution in [0.3, 0.4) is 0 Å². The van der Waals surface area contributed by atoms with E-state index in [1.54, 1.807) is 19.2 Å². The van der Waals surface area contributed by atoms with E-state index < -0.39 is 0 Å². The van der Waals surface area contributed by atoms with Crippen LogP contribution in [0.5, 0.6) is 11.5 Å². The molecular formula is C18H22N2O3. The monoisotopic (exact) mass is 314 g/mol. The standard InChI is InChI=1S/C18H22N2O3/c1-13(23-17-9-7-16(22-2)8-10-17)12-20-18(21)15-5-3-14(11-19)4-6-15/h3-10,13H,11-12,19H2,1-2H3,(H,20,21). The number of amides is 1. The molecule has 0 saturated heterocycles. The Kier molecular flexibility index (Phi) is 6.00. The Morgan fingerprint density at radius 3 is 2.26 bits per heavy atom. The molecule has 122 valence electrons. The highest BCUT2D eigenvalue weighted by Crippen LogP contribution is 2.18. The molecule has 1 atom stereocenters. The lowest BCUT2D eigenvalue weighted by Crippen LogP contribution is -2.33. The van der Waals surface area contributed by atoms with Gasteiger partial charge in [-0.25, -0.2) is 0 Å². The Morgan fingerprint density at radius 2 is 1.70 bits per heavy atom. The van der Waals surface area contributed by atoms with Crippen molar-refractivity contribution in [1.82, 2.24) is 5.32 Å². The number of ether oxygens (including phenoxy) is 2. The van der Waals surface area contributed by atoms with Gasteiger partial charge in [0.2, 0.25) is 0 Å². The fraction of sp³-hybridized carbons (Fsp3) is 0.278. The molecule has 0 fully saturated rings. The zero-order chi connectivity index (χ0) is 16.7. The van der Waals surface area contributed by atoms with Crippen molar-refractivity contribution in [3.05, 3.63) is 59.7 Å². The maximum atomic E-state index is 12.1. The van der Waals surface area contributed by atoms with Gasteiger partial charge in [-0.3, -0.25) is 4.79 Å². The normalized spacial score (nSPS) is 11.6. The number of nitrogens with one attached hydrogen (secondary N) is 1. The van der Waals surface area contributed by atoms with Crippen LogP contribution in [0.2, 0.25) is 0 Å². The Morgan fingerprint density at radius 1 is 1.09 bits per heavy atom. The number of carbonyl (C=O) groups excluding carboxylic acids is 1. The van der Waals surface area contributed by atoms with Crippen LogP contribution in [0.25, 0.3) is 0 Å². The van der Waals surface area contributed by atoms with Crippen LogP contribution in [0.15, 0.2) is 48.5 Å². The fourth-order valence-electron chi connectivity index (χ4n) is 2.06. The maximum absolute atomic E-state index is 12.1. The summed E-state index contributed by atoms with van der Waals surface area (Å²) in [7, 11) is 1.62. The van der Waals surface area contributed by atoms with E-state index in [9.17, 15) is 4.79 Å². The Balaban J connectivity index is 1.82. The van der Waals surface area contributed by atoms with Gasteiger partial charge in [0.1, 0.15) is 17.6 Å². The minimum absolute atomic E-state index is 0.126. The van der Waals surface area contributed by atoms with Gasteiger partial charge in [0.25, 0.3) is 5.91 Å². The molecular weight excluding hydrogens is 292 g/mol. The lowest BCUT2D eigenvalue weighted by atomic mass is 10.1. The average molecular weight is 314 g/mol. The number of nitrogens with two attached hydrogens (primary N) is 1. The third-order valence-corrected chi connectivity index (χ3v) is 3.40. The van der Waals surface area contributed by atoms with Crippen molar-refractivity contribution in [2.45, 2.75) is 19.6 Å². The molecule has 0 saturated carbocycles. The molecule has 0 radical (unpaired) electrons. The number of benzene rings is 2. The number of hydrogen-bond donors (Lipinski definition) is 2. The second-order valence-electron chi connectivity index (χ2n) is 5.22. The average Bonchev–Trinajstić information content (AvgIpc) is 2.60. The van der Waals surface area contributed by atoms with E-state index in [1.807, 2.05) is 43.3 Å². The summed E-state index contributed by atoms with van der Waals surface area (Å²) < 4.78 is 10.8. The number of carbonyl (C=O) groups is 1. The molecule has 0 aliphatic carbocycles. The lowest BCUT2D eigenvalue weighted by Gasteiger charge is -2.16. The van der Waals surface area contributed by atoms with Gasteiger partial charge in [-0.2, -0.15) is 0 Å². The molecule has 2 aromatic rings. The van der Waals surface area contributed by atoms with E-state index >= 15 is 0 Å². The molecule has 2 aromatic carbocycles. The van der Waals surface area contributed by atoms with Crippen LogP contribution < -0.4 is 20.5 Å². The zero-order valence-corrected chi connectivity index (χ0v) is 13.4. The summed E-state index contributed by atoms with van der Waals surface area (Å²) in [6.07, 6.45) is -0.143. The van der Waals surface area contributed by atoms with Gasteiger partial charge in [-0.15, -0.1) is 0 Å². The molecule has 0 aliphatic rings. The van der Waals surface area contributed by atoms with Crippen molar-refractivity contribution >= 4 is 5.91 Å². The van der Waals surface area contributed by atoms with Gasteiger partial charge < -0.3 is 20.5 Å². The summed E-state index contributed by atoms with van der Waals surface area (Å²) in [5, 5.41) is 2.86. The molecule has 0 bridgehead atoms. The molecule has 5 nitrogen and oxygen atoms in total. The highest BCUT2D eigenvalue weighted by molar-refractivity contribution is 5.94. The lowest BCUT2D eigenvalue weighted by molar-refractivity contribution is 0.0932. The molecule has 0 aromatic heterocycles. The third kappa shape index (κ3) is 5.00. The quantitative estimate of drug-likeness (QED) is 0.823. The summed E-state index contributed by atoms with van der Waals surface area (Å²) in [5.41, 5.74) is 7.15. The van der Waals surface area contributed by atoms with Crippen LogP contribution >= 0.6 is 0 Å². The molecule has 0 heterocycles. The first-order valence-electron chi connectivity index (χ1n) is 7.50. The maximum Gasteiger partial charge on any atom is 0.251 e. The molecule has 0 aliphatic heterocycles. The van der Waals surface area contributed by atoms with Gasteiger partial charge in [0.05, 0.1) is 13.7 Å². The second-order valence-corrected chi connectivity index (χ2v) is 5.22. The minimum Gasteiger partial charge on any atom is -0.497 e. The van der Waals surface area contributed by atoms with Gasteiger partial charge in [0, 0.05) is 12.1 Å². The molecule has 1 unspecified atom stereocenters. The first-order valence-corrected chi connectivity index (χ1v) is 7.50. The van der Waals surface area contributed by atoms with Crippen molar-refractivity contribution in [2.24, 2.45) is 5.73 Å². The summed E-state index contributed by atoms with van der Waals surface area (Å²) in [5.74, 6) is 1.39. The first-order chi connectivity index (χ1) is 11.1. The molecule has 0 spiro atoms. The zero-order valence-electron chi connectivity index (χ0n) is 13.4. The number of rotatable bonds is 7. The van der Waals surface area contributed by atoms with E-state index in [-0.39, 0.29) is 12.0 Å². The van der Waals surface area contributed by atoms with E-state index in [4.69, 9.17) is 15.2 Å². The Bertz CT molecular complexity index is 624. The predicted octanol–water partition coefficient (Wildman–Crippen LogP) is 2.35. The van der Waals surface area contributed by atoms with Crippen molar-refractivity contribution in [1.29, 1.82) is 0 Å². The number of methoxy groups -OCH3 is 1. The third-order valence-electron chi connectivity index (χ3n) is 3.40. The van der Waals surface area contributed by atoms with Crippen LogP contribution in [0, 0.1) is 0 Å². The van der Waals surface area contributed by atoms with E-state index in [1.165, 1.54) is 0 Å². The van der Waals surface area contributed by atoms with E-state index in [0.717, 1.165) is 17.1 Å². The highest BCUT2D eigenvalue weighted by Gasteiger charge is 2.09. The van der Waals surface area contributed by atoms with Crippen LogP contribution in [0.1, 0.15) is 22.8 Å². The van der Waals surface area contributed by atoms with Gasteiger partial charge in [-0.1, -0.05) is 12.1 Å². The van der Waals surface area contributed by atoms with Crippen LogP contribution in [0.4, 0.5) is 0 Å². The summed E-state index contributed by atoms with van der Waals surface area (Å²) in [4.78, 5) is 12.1. The smallest absolute Gasteiger partial charge is 0.251 e. The summed E-state index contributed by atoms with van der Waals surface area (Å²) >= 11 is 0. The van der Waals surface area contributed by atoms with Crippen molar-refractivity contribution < 1.29 is 14.3 Å². The van der Waals surface area contributed by atoms with Crippen molar-refractivity contribution in [3.63, 3.8) is 0 Å². The van der Waals surface area contributed by atoms with Crippen LogP contribution in [-0.4, -0.2) is 25.7 Å². The fourth-order valence-corrected chi connectivity index (χ4v) is 2.06. The van der Waals surface area contributed by atoms with Gasteiger partial charge >= 0.3 is 0 Å². The van der Waals surface area contributed by atoms with Crippen molar-refractivity contribution in [3.8, 4) is 11.5 Å². The summed E-state index contributed by atoms with van der Waals surface area (Å²) in [6.45, 7) is 2.79. The minimum atomic E-state index is -0.143. The van der Waals surface area contributed by atoms with E-state index in [0.29, 0.717) is 18.7 Å². The van der Waals surface area contributed by atoms with Crippen molar-refractivity contribution in [2.75, 3.05) is 13.7 Å². The molecule has 5 heteroatoms. The number of hydrogen-bond acceptors (Lipinski definition) is 4. The second kappa shape index (κ2) is 8.19. The molecule has 3 N–H and O–H groups in total. The van der Waals surface area contributed by atoms with Gasteiger partial charge in [-0.05, 0) is 48.9 Å². The first kappa shape index (κ1) is 16.8. The summed E-state index contributed by atoms with van der Waals surface area (Å²) in [6, 6.07) is 14.6. The molecule has 2 rings (SSSR count). The SMILES string of the molecule is COc1ccc(OC(C)CNC(=O)c2ccc(CN)cc2)cc1. The van der Waals surface area contributed by atoms with E-state index in [2.05, 4.69) is 5.32 Å². The Labute approximate surface area is 136 Å². The van der Waals surface area contributed by atoms with Gasteiger partial charge in [0.15, 0.2) is 0 Å². The molecule has 1 amide bonds. The topological polar surface area (TPSA) is 73.6 Å². The largest absolute Gasteiger partial charge is 0.497 e. The highest BCUT2D eigenvalue weighted by atomic mass is 16.5. The Hall–Kier alpha value is -2.53. The predicted molar refractivity (Wildman–Crippen MR) is 89.8 cm³/mol. The molecule has 23 heavy (non-hydrogen) atoms.